The maximum atomic E-state index is 12.6. The van der Waals surface area contributed by atoms with Crippen molar-refractivity contribution in [3.8, 4) is 0 Å². The minimum absolute atomic E-state index is 0.108. The molecule has 2 aliphatic rings. The number of sulfone groups is 1. The van der Waals surface area contributed by atoms with E-state index in [4.69, 9.17) is 4.42 Å². The van der Waals surface area contributed by atoms with Crippen LogP contribution < -0.4 is 0 Å². The Balaban J connectivity index is 1.37. The molecule has 1 amide bonds. The zero-order valence-electron chi connectivity index (χ0n) is 13.9. The van der Waals surface area contributed by atoms with E-state index in [1.807, 2.05) is 0 Å². The number of pyridine rings is 1. The van der Waals surface area contributed by atoms with Crippen LogP contribution >= 0.6 is 0 Å². The average Bonchev–Trinajstić information content (AvgIpc) is 3.05. The monoisotopic (exact) mass is 363 g/mol. The molecule has 0 bridgehead atoms. The van der Waals surface area contributed by atoms with Crippen LogP contribution in [0.25, 0.3) is 11.1 Å². The number of hydrogen-bond donors (Lipinski definition) is 0. The lowest BCUT2D eigenvalue weighted by Gasteiger charge is -2.40. The van der Waals surface area contributed by atoms with Gasteiger partial charge < -0.3 is 9.32 Å². The third-order valence-electron chi connectivity index (χ3n) is 5.14. The second kappa shape index (κ2) is 6.42. The summed E-state index contributed by atoms with van der Waals surface area (Å²) in [6, 6.07) is 5.59. The Bertz CT molecular complexity index is 837. The molecule has 0 radical (unpaired) electrons. The predicted molar refractivity (Wildman–Crippen MR) is 93.2 cm³/mol. The van der Waals surface area contributed by atoms with E-state index in [1.54, 1.807) is 29.3 Å². The molecule has 2 saturated heterocycles. The molecule has 0 atom stereocenters. The van der Waals surface area contributed by atoms with Gasteiger partial charge in [-0.2, -0.15) is 0 Å². The first-order valence-corrected chi connectivity index (χ1v) is 10.4. The Kier molecular flexibility index (Phi) is 4.24. The summed E-state index contributed by atoms with van der Waals surface area (Å²) in [5, 5.41) is 0. The van der Waals surface area contributed by atoms with Crippen LogP contribution in [0.15, 0.2) is 28.8 Å². The first-order chi connectivity index (χ1) is 12.0. The van der Waals surface area contributed by atoms with Gasteiger partial charge in [-0.05, 0) is 25.0 Å². The molecule has 0 spiro atoms. The SMILES string of the molecule is O=C(c1cc2ncccc2o1)N1CCN(C2CCS(=O)(=O)CC2)CC1. The molecule has 2 aliphatic heterocycles. The molecule has 7 nitrogen and oxygen atoms in total. The Morgan fingerprint density at radius 2 is 1.88 bits per heavy atom. The van der Waals surface area contributed by atoms with Gasteiger partial charge in [-0.1, -0.05) is 0 Å². The fourth-order valence-corrected chi connectivity index (χ4v) is 5.13. The van der Waals surface area contributed by atoms with Crippen LogP contribution in [0.2, 0.25) is 0 Å². The third-order valence-corrected chi connectivity index (χ3v) is 6.86. The molecule has 25 heavy (non-hydrogen) atoms. The zero-order valence-corrected chi connectivity index (χ0v) is 14.7. The Labute approximate surface area is 146 Å². The highest BCUT2D eigenvalue weighted by molar-refractivity contribution is 7.91. The van der Waals surface area contributed by atoms with Gasteiger partial charge in [0.1, 0.15) is 15.4 Å². The summed E-state index contributed by atoms with van der Waals surface area (Å²) in [4.78, 5) is 21.0. The molecule has 0 aliphatic carbocycles. The molecule has 2 aromatic heterocycles. The van der Waals surface area contributed by atoms with Crippen molar-refractivity contribution in [2.75, 3.05) is 37.7 Å². The number of amides is 1. The van der Waals surface area contributed by atoms with Gasteiger partial charge in [0.05, 0.1) is 11.5 Å². The number of nitrogens with zero attached hydrogens (tertiary/aromatic N) is 3. The molecule has 0 N–H and O–H groups in total. The van der Waals surface area contributed by atoms with Crippen LogP contribution in [0.5, 0.6) is 0 Å². The summed E-state index contributed by atoms with van der Waals surface area (Å²) in [5.41, 5.74) is 1.31. The lowest BCUT2D eigenvalue weighted by atomic mass is 10.1. The van der Waals surface area contributed by atoms with E-state index < -0.39 is 9.84 Å². The molecule has 2 fully saturated rings. The van der Waals surface area contributed by atoms with Gasteiger partial charge >= 0.3 is 0 Å². The number of fused-ring (bicyclic) bond motifs is 1. The molecule has 134 valence electrons. The topological polar surface area (TPSA) is 83.7 Å². The van der Waals surface area contributed by atoms with Crippen LogP contribution in [0.4, 0.5) is 0 Å². The van der Waals surface area contributed by atoms with Gasteiger partial charge in [0.15, 0.2) is 11.3 Å². The van der Waals surface area contributed by atoms with Crippen molar-refractivity contribution in [3.05, 3.63) is 30.2 Å². The number of rotatable bonds is 2. The van der Waals surface area contributed by atoms with Crippen LogP contribution in [0, 0.1) is 0 Å². The van der Waals surface area contributed by atoms with Crippen LogP contribution in [-0.4, -0.2) is 72.8 Å². The molecule has 2 aromatic rings. The Hall–Kier alpha value is -1.93. The smallest absolute Gasteiger partial charge is 0.289 e. The number of piperazine rings is 1. The Morgan fingerprint density at radius 3 is 2.56 bits per heavy atom. The highest BCUT2D eigenvalue weighted by Crippen LogP contribution is 2.22. The van der Waals surface area contributed by atoms with Gasteiger partial charge in [-0.3, -0.25) is 14.7 Å². The standard InChI is InChI=1S/C17H21N3O4S/c21-17(16-12-14-15(24-16)2-1-5-18-14)20-8-6-19(7-9-20)13-3-10-25(22,23)11-4-13/h1-2,5,12-13H,3-4,6-11H2. The molecule has 4 rings (SSSR count). The van der Waals surface area contributed by atoms with Crippen molar-refractivity contribution in [2.45, 2.75) is 18.9 Å². The quantitative estimate of drug-likeness (QED) is 0.796. The molecule has 0 unspecified atom stereocenters. The molecule has 8 heteroatoms. The van der Waals surface area contributed by atoms with E-state index in [1.165, 1.54) is 0 Å². The highest BCUT2D eigenvalue weighted by atomic mass is 32.2. The maximum Gasteiger partial charge on any atom is 0.289 e. The lowest BCUT2D eigenvalue weighted by Crippen LogP contribution is -2.53. The summed E-state index contributed by atoms with van der Waals surface area (Å²) in [5.74, 6) is 0.778. The molecular weight excluding hydrogens is 342 g/mol. The predicted octanol–water partition coefficient (Wildman–Crippen LogP) is 1.16. The summed E-state index contributed by atoms with van der Waals surface area (Å²) in [7, 11) is -2.84. The summed E-state index contributed by atoms with van der Waals surface area (Å²) < 4.78 is 28.7. The summed E-state index contributed by atoms with van der Waals surface area (Å²) in [6.07, 6.45) is 3.08. The molecule has 0 aromatic carbocycles. The second-order valence-corrected chi connectivity index (χ2v) is 9.01. The van der Waals surface area contributed by atoms with Crippen molar-refractivity contribution >= 4 is 26.8 Å². The summed E-state index contributed by atoms with van der Waals surface area (Å²) in [6.45, 7) is 2.81. The lowest BCUT2D eigenvalue weighted by molar-refractivity contribution is 0.0532. The van der Waals surface area contributed by atoms with E-state index in [-0.39, 0.29) is 17.4 Å². The highest BCUT2D eigenvalue weighted by Gasteiger charge is 2.31. The normalized spacial score (nSPS) is 22.3. The van der Waals surface area contributed by atoms with Crippen LogP contribution in [0.3, 0.4) is 0 Å². The second-order valence-electron chi connectivity index (χ2n) is 6.71. The van der Waals surface area contributed by atoms with E-state index >= 15 is 0 Å². The van der Waals surface area contributed by atoms with Gasteiger partial charge in [-0.15, -0.1) is 0 Å². The van der Waals surface area contributed by atoms with Gasteiger partial charge in [0.25, 0.3) is 5.91 Å². The Morgan fingerprint density at radius 1 is 1.16 bits per heavy atom. The number of carbonyl (C=O) groups is 1. The van der Waals surface area contributed by atoms with Crippen molar-refractivity contribution in [1.29, 1.82) is 0 Å². The van der Waals surface area contributed by atoms with E-state index in [0.717, 1.165) is 13.1 Å². The van der Waals surface area contributed by atoms with Crippen molar-refractivity contribution in [3.63, 3.8) is 0 Å². The van der Waals surface area contributed by atoms with Crippen LogP contribution in [0.1, 0.15) is 23.4 Å². The minimum Gasteiger partial charge on any atom is -0.449 e. The maximum absolute atomic E-state index is 12.6. The van der Waals surface area contributed by atoms with E-state index in [2.05, 4.69) is 9.88 Å². The van der Waals surface area contributed by atoms with Crippen molar-refractivity contribution in [2.24, 2.45) is 0 Å². The minimum atomic E-state index is -2.84. The number of aromatic nitrogens is 1. The number of carbonyl (C=O) groups excluding carboxylic acids is 1. The number of hydrogen-bond acceptors (Lipinski definition) is 6. The van der Waals surface area contributed by atoms with Gasteiger partial charge in [0.2, 0.25) is 0 Å². The largest absolute Gasteiger partial charge is 0.449 e. The van der Waals surface area contributed by atoms with Gasteiger partial charge in [-0.25, -0.2) is 8.42 Å². The van der Waals surface area contributed by atoms with Crippen LogP contribution in [-0.2, 0) is 9.84 Å². The molecular formula is C17H21N3O4S. The van der Waals surface area contributed by atoms with Crippen molar-refractivity contribution < 1.29 is 17.6 Å². The average molecular weight is 363 g/mol. The molecule has 0 saturated carbocycles. The first-order valence-electron chi connectivity index (χ1n) is 8.60. The summed E-state index contributed by atoms with van der Waals surface area (Å²) >= 11 is 0. The van der Waals surface area contributed by atoms with Crippen molar-refractivity contribution in [1.82, 2.24) is 14.8 Å². The molecule has 4 heterocycles. The zero-order chi connectivity index (χ0) is 17.4. The number of furan rings is 1. The fraction of sp³-hybridized carbons (Fsp3) is 0.529. The van der Waals surface area contributed by atoms with E-state index in [0.29, 0.717) is 48.8 Å². The van der Waals surface area contributed by atoms with E-state index in [9.17, 15) is 13.2 Å². The van der Waals surface area contributed by atoms with Gasteiger partial charge in [0, 0.05) is 44.5 Å². The third kappa shape index (κ3) is 3.41. The first kappa shape index (κ1) is 16.5. The fourth-order valence-electron chi connectivity index (χ4n) is 3.66.